The number of allylic oxidation sites excluding steroid dienone is 1. The largest absolute Gasteiger partial charge is 0.489 e. The molecule has 0 saturated carbocycles. The maximum atomic E-state index is 5.96. The molecule has 160 valence electrons. The van der Waals surface area contributed by atoms with E-state index in [1.807, 2.05) is 36.4 Å². The Morgan fingerprint density at radius 2 is 1.68 bits per heavy atom. The summed E-state index contributed by atoms with van der Waals surface area (Å²) in [7, 11) is 1.69. The van der Waals surface area contributed by atoms with Crippen LogP contribution in [0.3, 0.4) is 0 Å². The van der Waals surface area contributed by atoms with Crippen molar-refractivity contribution in [2.45, 2.75) is 26.0 Å². The van der Waals surface area contributed by atoms with Crippen molar-refractivity contribution in [2.24, 2.45) is 5.92 Å². The topological polar surface area (TPSA) is 34.6 Å². The molecule has 1 fully saturated rings. The lowest BCUT2D eigenvalue weighted by molar-refractivity contribution is 0.193. The predicted octanol–water partition coefficient (Wildman–Crippen LogP) is 5.59. The number of hydrogen-bond donors (Lipinski definition) is 0. The summed E-state index contributed by atoms with van der Waals surface area (Å²) in [5.41, 5.74) is 3.61. The van der Waals surface area contributed by atoms with E-state index in [2.05, 4.69) is 52.4 Å². The van der Waals surface area contributed by atoms with Crippen LogP contribution in [0.15, 0.2) is 79.0 Å². The average Bonchev–Trinajstić information content (AvgIpc) is 2.84. The molecule has 0 amide bonds. The van der Waals surface area contributed by atoms with Crippen molar-refractivity contribution in [1.82, 2.24) is 9.88 Å². The van der Waals surface area contributed by atoms with Gasteiger partial charge >= 0.3 is 0 Å². The van der Waals surface area contributed by atoms with Gasteiger partial charge in [-0.3, -0.25) is 4.90 Å². The number of hydrogen-bond acceptors (Lipinski definition) is 4. The van der Waals surface area contributed by atoms with E-state index in [4.69, 9.17) is 9.47 Å². The molecule has 1 aliphatic rings. The highest BCUT2D eigenvalue weighted by molar-refractivity contribution is 5.54. The van der Waals surface area contributed by atoms with E-state index >= 15 is 0 Å². The molecule has 0 spiro atoms. The smallest absolute Gasteiger partial charge is 0.217 e. The van der Waals surface area contributed by atoms with Gasteiger partial charge in [0, 0.05) is 18.3 Å². The van der Waals surface area contributed by atoms with Gasteiger partial charge in [-0.2, -0.15) is 0 Å². The Kier molecular flexibility index (Phi) is 7.35. The number of benzene rings is 2. The fourth-order valence-electron chi connectivity index (χ4n) is 4.02. The molecule has 0 aliphatic carbocycles. The first-order valence-corrected chi connectivity index (χ1v) is 11.0. The molecular formula is C27H30N2O2. The second kappa shape index (κ2) is 10.8. The zero-order valence-corrected chi connectivity index (χ0v) is 18.1. The number of piperidine rings is 1. The fraction of sp³-hybridized carbons (Fsp3) is 0.296. The van der Waals surface area contributed by atoms with Gasteiger partial charge in [0.2, 0.25) is 5.88 Å². The third kappa shape index (κ3) is 5.96. The Morgan fingerprint density at radius 3 is 2.48 bits per heavy atom. The van der Waals surface area contributed by atoms with Gasteiger partial charge in [0.25, 0.3) is 0 Å². The van der Waals surface area contributed by atoms with Crippen LogP contribution >= 0.6 is 0 Å². The highest BCUT2D eigenvalue weighted by Gasteiger charge is 2.18. The molecule has 1 aliphatic heterocycles. The standard InChI is InChI=1S/C27H30N2O2/c1-30-27-24(10-7-17-28-27)20-29-18-15-22(16-19-29)13-14-23-8-5-6-9-25(23)21-31-26-11-3-2-4-12-26/h2-14,17,22H,15-16,18-21H2,1H3/b14-13+. The molecule has 2 aromatic carbocycles. The van der Waals surface area contributed by atoms with Crippen molar-refractivity contribution in [3.05, 3.63) is 95.7 Å². The lowest BCUT2D eigenvalue weighted by atomic mass is 9.94. The van der Waals surface area contributed by atoms with Crippen LogP contribution in [-0.4, -0.2) is 30.1 Å². The minimum absolute atomic E-state index is 0.579. The molecule has 1 aromatic heterocycles. The van der Waals surface area contributed by atoms with E-state index < -0.39 is 0 Å². The molecule has 4 heteroatoms. The predicted molar refractivity (Wildman–Crippen MR) is 125 cm³/mol. The second-order valence-electron chi connectivity index (χ2n) is 7.95. The number of nitrogens with zero attached hydrogens (tertiary/aromatic N) is 2. The van der Waals surface area contributed by atoms with E-state index in [9.17, 15) is 0 Å². The summed E-state index contributed by atoms with van der Waals surface area (Å²) >= 11 is 0. The Hall–Kier alpha value is -3.11. The van der Waals surface area contributed by atoms with Crippen LogP contribution in [-0.2, 0) is 13.2 Å². The zero-order valence-electron chi connectivity index (χ0n) is 18.1. The molecule has 3 aromatic rings. The quantitative estimate of drug-likeness (QED) is 0.481. The molecule has 4 nitrogen and oxygen atoms in total. The van der Waals surface area contributed by atoms with Crippen LogP contribution in [0.4, 0.5) is 0 Å². The number of pyridine rings is 1. The molecule has 2 heterocycles. The molecule has 0 unspecified atom stereocenters. The summed E-state index contributed by atoms with van der Waals surface area (Å²) in [6.45, 7) is 3.65. The highest BCUT2D eigenvalue weighted by atomic mass is 16.5. The lowest BCUT2D eigenvalue weighted by Gasteiger charge is -2.30. The van der Waals surface area contributed by atoms with Gasteiger partial charge < -0.3 is 9.47 Å². The average molecular weight is 415 g/mol. The monoisotopic (exact) mass is 414 g/mol. The van der Waals surface area contributed by atoms with Crippen molar-refractivity contribution in [2.75, 3.05) is 20.2 Å². The van der Waals surface area contributed by atoms with E-state index in [1.165, 1.54) is 24.0 Å². The molecule has 1 saturated heterocycles. The number of aromatic nitrogens is 1. The molecule has 0 bridgehead atoms. The molecule has 0 radical (unpaired) electrons. The van der Waals surface area contributed by atoms with Crippen LogP contribution in [0.5, 0.6) is 11.6 Å². The van der Waals surface area contributed by atoms with Gasteiger partial charge in [0.15, 0.2) is 0 Å². The summed E-state index contributed by atoms with van der Waals surface area (Å²) in [5, 5.41) is 0. The van der Waals surface area contributed by atoms with Crippen molar-refractivity contribution in [3.8, 4) is 11.6 Å². The normalized spacial score (nSPS) is 15.3. The second-order valence-corrected chi connectivity index (χ2v) is 7.95. The summed E-state index contributed by atoms with van der Waals surface area (Å²) in [6, 6.07) is 22.6. The summed E-state index contributed by atoms with van der Waals surface area (Å²) in [4.78, 5) is 6.80. The van der Waals surface area contributed by atoms with Gasteiger partial charge in [-0.15, -0.1) is 0 Å². The van der Waals surface area contributed by atoms with Crippen LogP contribution in [0.1, 0.15) is 29.5 Å². The molecule has 0 atom stereocenters. The first-order chi connectivity index (χ1) is 15.3. The first kappa shape index (κ1) is 21.1. The number of para-hydroxylation sites is 1. The number of methoxy groups -OCH3 is 1. The van der Waals surface area contributed by atoms with Crippen LogP contribution in [0.25, 0.3) is 6.08 Å². The van der Waals surface area contributed by atoms with Crippen molar-refractivity contribution in [3.63, 3.8) is 0 Å². The van der Waals surface area contributed by atoms with Gasteiger partial charge in [0.05, 0.1) is 7.11 Å². The fourth-order valence-corrected chi connectivity index (χ4v) is 4.02. The van der Waals surface area contributed by atoms with Gasteiger partial charge in [-0.25, -0.2) is 4.98 Å². The van der Waals surface area contributed by atoms with Crippen LogP contribution in [0, 0.1) is 5.92 Å². The first-order valence-electron chi connectivity index (χ1n) is 11.0. The number of ether oxygens (including phenoxy) is 2. The van der Waals surface area contributed by atoms with Crippen molar-refractivity contribution < 1.29 is 9.47 Å². The van der Waals surface area contributed by atoms with Gasteiger partial charge in [-0.1, -0.05) is 60.7 Å². The minimum Gasteiger partial charge on any atom is -0.489 e. The van der Waals surface area contributed by atoms with E-state index in [0.29, 0.717) is 12.5 Å². The Balaban J connectivity index is 1.31. The minimum atomic E-state index is 0.579. The van der Waals surface area contributed by atoms with Gasteiger partial charge in [-0.05, 0) is 61.2 Å². The van der Waals surface area contributed by atoms with E-state index in [-0.39, 0.29) is 0 Å². The number of rotatable bonds is 8. The Bertz CT molecular complexity index is 979. The van der Waals surface area contributed by atoms with Crippen LogP contribution in [0.2, 0.25) is 0 Å². The van der Waals surface area contributed by atoms with Crippen molar-refractivity contribution in [1.29, 1.82) is 0 Å². The third-order valence-corrected chi connectivity index (χ3v) is 5.81. The van der Waals surface area contributed by atoms with E-state index in [0.717, 1.165) is 36.8 Å². The maximum Gasteiger partial charge on any atom is 0.217 e. The summed E-state index contributed by atoms with van der Waals surface area (Å²) < 4.78 is 11.4. The maximum absolute atomic E-state index is 5.96. The molecule has 31 heavy (non-hydrogen) atoms. The highest BCUT2D eigenvalue weighted by Crippen LogP contribution is 2.24. The van der Waals surface area contributed by atoms with Crippen molar-refractivity contribution >= 4 is 6.08 Å². The number of likely N-dealkylation sites (tertiary alicyclic amines) is 1. The SMILES string of the molecule is COc1ncccc1CN1CCC(/C=C/c2ccccc2COc2ccccc2)CC1. The zero-order chi connectivity index (χ0) is 21.3. The third-order valence-electron chi connectivity index (χ3n) is 5.81. The van der Waals surface area contributed by atoms with Crippen LogP contribution < -0.4 is 9.47 Å². The lowest BCUT2D eigenvalue weighted by Crippen LogP contribution is -2.32. The Morgan fingerprint density at radius 1 is 0.935 bits per heavy atom. The van der Waals surface area contributed by atoms with Gasteiger partial charge in [0.1, 0.15) is 12.4 Å². The van der Waals surface area contributed by atoms with E-state index in [1.54, 1.807) is 13.3 Å². The summed E-state index contributed by atoms with van der Waals surface area (Å²) in [5.74, 6) is 2.24. The summed E-state index contributed by atoms with van der Waals surface area (Å²) in [6.07, 6.45) is 8.77. The molecular weight excluding hydrogens is 384 g/mol. The molecule has 4 rings (SSSR count). The molecule has 0 N–H and O–H groups in total. The Labute approximate surface area is 185 Å².